The van der Waals surface area contributed by atoms with Gasteiger partial charge in [-0.15, -0.1) is 0 Å². The van der Waals surface area contributed by atoms with Crippen molar-refractivity contribution >= 4 is 72.4 Å². The average molecular weight is 516 g/mol. The molecule has 27 heavy (non-hydrogen) atoms. The molecule has 10 heteroatoms. The molecule has 3 amide bonds. The molecule has 7 nitrogen and oxygen atoms in total. The molecule has 1 aromatic heterocycles. The first-order chi connectivity index (χ1) is 12.9. The molecule has 2 heterocycles. The van der Waals surface area contributed by atoms with Crippen LogP contribution < -0.4 is 10.1 Å². The number of benzene rings is 1. The van der Waals surface area contributed by atoms with Crippen molar-refractivity contribution in [3.8, 4) is 5.75 Å². The number of hydrogen-bond donors (Lipinski definition) is 1. The van der Waals surface area contributed by atoms with Gasteiger partial charge in [0, 0.05) is 11.8 Å². The van der Waals surface area contributed by atoms with Crippen molar-refractivity contribution in [2.75, 3.05) is 19.0 Å². The van der Waals surface area contributed by atoms with E-state index in [9.17, 15) is 14.4 Å². The number of anilines is 1. The second-order valence-corrected chi connectivity index (χ2v) is 7.88. The predicted octanol–water partition coefficient (Wildman–Crippen LogP) is 4.49. The van der Waals surface area contributed by atoms with Gasteiger partial charge in [0.2, 0.25) is 5.91 Å². The van der Waals surface area contributed by atoms with Gasteiger partial charge in [-0.3, -0.25) is 19.3 Å². The maximum Gasteiger partial charge on any atom is 0.294 e. The van der Waals surface area contributed by atoms with Gasteiger partial charge >= 0.3 is 0 Å². The van der Waals surface area contributed by atoms with E-state index in [2.05, 4.69) is 37.2 Å². The average Bonchev–Trinajstić information content (AvgIpc) is 3.08. The highest BCUT2D eigenvalue weighted by atomic mass is 79.9. The Bertz CT molecular complexity index is 920. The summed E-state index contributed by atoms with van der Waals surface area (Å²) in [6.45, 7) is -0.375. The molecular weight excluding hydrogens is 504 g/mol. The van der Waals surface area contributed by atoms with Crippen LogP contribution in [0.15, 0.2) is 48.8 Å². The zero-order valence-corrected chi connectivity index (χ0v) is 17.8. The Kier molecular flexibility index (Phi) is 6.08. The predicted molar refractivity (Wildman–Crippen MR) is 108 cm³/mol. The summed E-state index contributed by atoms with van der Waals surface area (Å²) in [6, 6.07) is 8.37. The van der Waals surface area contributed by atoms with Gasteiger partial charge in [-0.1, -0.05) is 0 Å². The van der Waals surface area contributed by atoms with Gasteiger partial charge in [-0.05, 0) is 74.0 Å². The second-order valence-electron chi connectivity index (χ2n) is 5.31. The second kappa shape index (κ2) is 8.32. The first kappa shape index (κ1) is 19.7. The van der Waals surface area contributed by atoms with Crippen molar-refractivity contribution in [2.24, 2.45) is 0 Å². The summed E-state index contributed by atoms with van der Waals surface area (Å²) >= 11 is 7.24. The number of nitrogens with one attached hydrogen (secondary N) is 1. The Morgan fingerprint density at radius 2 is 2.00 bits per heavy atom. The summed E-state index contributed by atoms with van der Waals surface area (Å²) in [6.07, 6.45) is 1.46. The van der Waals surface area contributed by atoms with Crippen LogP contribution in [0.5, 0.6) is 5.75 Å². The highest BCUT2D eigenvalue weighted by Gasteiger charge is 2.36. The van der Waals surface area contributed by atoms with Gasteiger partial charge in [0.1, 0.15) is 18.1 Å². The molecule has 0 spiro atoms. The number of amides is 3. The van der Waals surface area contributed by atoms with Crippen LogP contribution in [0.4, 0.5) is 10.5 Å². The summed E-state index contributed by atoms with van der Waals surface area (Å²) in [7, 11) is 1.54. The minimum atomic E-state index is -0.543. The molecule has 0 saturated carbocycles. The van der Waals surface area contributed by atoms with Crippen molar-refractivity contribution < 1.29 is 23.5 Å². The maximum absolute atomic E-state index is 12.4. The zero-order valence-electron chi connectivity index (χ0n) is 13.8. The highest BCUT2D eigenvalue weighted by molar-refractivity contribution is 9.13. The van der Waals surface area contributed by atoms with E-state index < -0.39 is 17.1 Å². The fourth-order valence-electron chi connectivity index (χ4n) is 2.22. The number of rotatable bonds is 5. The van der Waals surface area contributed by atoms with E-state index in [1.165, 1.54) is 6.08 Å². The van der Waals surface area contributed by atoms with Crippen LogP contribution in [0.25, 0.3) is 6.08 Å². The molecule has 0 atom stereocenters. The summed E-state index contributed by atoms with van der Waals surface area (Å²) in [5.41, 5.74) is 0.536. The minimum Gasteiger partial charge on any atom is -0.497 e. The number of halogens is 2. The van der Waals surface area contributed by atoms with E-state index in [0.29, 0.717) is 26.3 Å². The van der Waals surface area contributed by atoms with Gasteiger partial charge in [-0.2, -0.15) is 0 Å². The first-order valence-corrected chi connectivity index (χ1v) is 9.91. The molecule has 1 fully saturated rings. The smallest absolute Gasteiger partial charge is 0.294 e. The largest absolute Gasteiger partial charge is 0.497 e. The summed E-state index contributed by atoms with van der Waals surface area (Å²) in [4.78, 5) is 37.8. The number of furan rings is 1. The van der Waals surface area contributed by atoms with Crippen LogP contribution in [-0.4, -0.2) is 35.6 Å². The number of carbonyl (C=O) groups is 3. The third kappa shape index (κ3) is 4.63. The molecule has 140 valence electrons. The van der Waals surface area contributed by atoms with E-state index >= 15 is 0 Å². The van der Waals surface area contributed by atoms with Crippen molar-refractivity contribution in [3.05, 3.63) is 50.1 Å². The number of imide groups is 1. The van der Waals surface area contributed by atoms with Crippen molar-refractivity contribution in [2.45, 2.75) is 0 Å². The molecule has 0 radical (unpaired) electrons. The van der Waals surface area contributed by atoms with Crippen LogP contribution >= 0.6 is 43.6 Å². The molecule has 1 N–H and O–H groups in total. The van der Waals surface area contributed by atoms with Crippen molar-refractivity contribution in [3.63, 3.8) is 0 Å². The van der Waals surface area contributed by atoms with Crippen LogP contribution in [0.3, 0.4) is 0 Å². The molecule has 1 saturated heterocycles. The zero-order chi connectivity index (χ0) is 19.6. The molecule has 0 unspecified atom stereocenters. The molecule has 1 aliphatic rings. The van der Waals surface area contributed by atoms with E-state index in [1.807, 2.05) is 0 Å². The van der Waals surface area contributed by atoms with Crippen molar-refractivity contribution in [1.82, 2.24) is 4.90 Å². The van der Waals surface area contributed by atoms with E-state index in [4.69, 9.17) is 9.15 Å². The number of methoxy groups -OCH3 is 1. The number of hydrogen-bond acceptors (Lipinski definition) is 6. The standard InChI is InChI=1S/C17H12Br2N2O5S/c1-25-10-4-2-9(3-5-10)20-14(22)8-21-16(23)13(27-17(21)24)7-11-6-12(18)15(19)26-11/h2-7H,8H2,1H3,(H,20,22)/b13-7-. The quantitative estimate of drug-likeness (QED) is 0.590. The molecule has 3 rings (SSSR count). The van der Waals surface area contributed by atoms with E-state index in [0.717, 1.165) is 16.7 Å². The maximum atomic E-state index is 12.4. The number of nitrogens with zero attached hydrogens (tertiary/aromatic N) is 1. The normalized spacial score (nSPS) is 15.5. The summed E-state index contributed by atoms with van der Waals surface area (Å²) < 4.78 is 11.6. The third-order valence-electron chi connectivity index (χ3n) is 3.49. The Labute approximate surface area is 175 Å². The van der Waals surface area contributed by atoms with Gasteiger partial charge < -0.3 is 14.5 Å². The number of ether oxygens (including phenoxy) is 1. The molecule has 0 bridgehead atoms. The van der Waals surface area contributed by atoms with Gasteiger partial charge in [-0.25, -0.2) is 0 Å². The molecule has 0 aliphatic carbocycles. The topological polar surface area (TPSA) is 88.8 Å². The van der Waals surface area contributed by atoms with Gasteiger partial charge in [0.05, 0.1) is 16.5 Å². The fraction of sp³-hybridized carbons (Fsp3) is 0.118. The Balaban J connectivity index is 1.66. The summed E-state index contributed by atoms with van der Waals surface area (Å²) in [5, 5.41) is 2.12. The van der Waals surface area contributed by atoms with E-state index in [-0.39, 0.29) is 11.4 Å². The Morgan fingerprint density at radius 3 is 2.59 bits per heavy atom. The van der Waals surface area contributed by atoms with Crippen molar-refractivity contribution in [1.29, 1.82) is 0 Å². The van der Waals surface area contributed by atoms with Crippen LogP contribution in [0.1, 0.15) is 5.76 Å². The Morgan fingerprint density at radius 1 is 1.30 bits per heavy atom. The molecular formula is C17H12Br2N2O5S. The molecule has 2 aromatic rings. The Hall–Kier alpha value is -2.04. The number of thioether (sulfide) groups is 1. The number of carbonyl (C=O) groups excluding carboxylic acids is 3. The summed E-state index contributed by atoms with van der Waals surface area (Å²) in [5.74, 6) is 0.0351. The lowest BCUT2D eigenvalue weighted by molar-refractivity contribution is -0.127. The van der Waals surface area contributed by atoms with E-state index in [1.54, 1.807) is 37.4 Å². The highest BCUT2D eigenvalue weighted by Crippen LogP contribution is 2.34. The van der Waals surface area contributed by atoms with Gasteiger partial charge in [0.25, 0.3) is 11.1 Å². The lowest BCUT2D eigenvalue weighted by atomic mass is 10.3. The van der Waals surface area contributed by atoms with Crippen LogP contribution in [0, 0.1) is 0 Å². The minimum absolute atomic E-state index is 0.186. The fourth-order valence-corrected chi connectivity index (χ4v) is 3.64. The monoisotopic (exact) mass is 514 g/mol. The first-order valence-electron chi connectivity index (χ1n) is 7.51. The molecule has 1 aliphatic heterocycles. The SMILES string of the molecule is COc1ccc(NC(=O)CN2C(=O)S/C(=C\c3cc(Br)c(Br)o3)C2=O)cc1. The lowest BCUT2D eigenvalue weighted by Gasteiger charge is -2.12. The molecule has 1 aromatic carbocycles. The van der Waals surface area contributed by atoms with Crippen LogP contribution in [0.2, 0.25) is 0 Å². The third-order valence-corrected chi connectivity index (χ3v) is 6.10. The van der Waals surface area contributed by atoms with Crippen LogP contribution in [-0.2, 0) is 9.59 Å². The van der Waals surface area contributed by atoms with Gasteiger partial charge in [0.15, 0.2) is 4.67 Å². The lowest BCUT2D eigenvalue weighted by Crippen LogP contribution is -2.36.